The number of rotatable bonds is 10. The van der Waals surface area contributed by atoms with Crippen LogP contribution in [0.15, 0.2) is 66.7 Å². The fourth-order valence-corrected chi connectivity index (χ4v) is 3.15. The lowest BCUT2D eigenvalue weighted by Crippen LogP contribution is -2.03. The summed E-state index contributed by atoms with van der Waals surface area (Å²) in [5.41, 5.74) is 2.17. The topological polar surface area (TPSA) is 63.2 Å². The molecule has 0 unspecified atom stereocenters. The molecule has 0 saturated heterocycles. The Bertz CT molecular complexity index is 1060. The molecule has 0 spiro atoms. The number of hydrogen-bond donors (Lipinski definition) is 0. The molecular formula is C26H26O6. The number of carbonyl (C=O) groups is 1. The molecule has 3 rings (SSSR count). The zero-order valence-electron chi connectivity index (χ0n) is 18.6. The number of benzene rings is 3. The van der Waals surface area contributed by atoms with E-state index < -0.39 is 0 Å². The third-order valence-electron chi connectivity index (χ3n) is 4.81. The third kappa shape index (κ3) is 5.40. The van der Waals surface area contributed by atoms with Crippen LogP contribution in [0.4, 0.5) is 0 Å². The van der Waals surface area contributed by atoms with E-state index in [4.69, 9.17) is 23.7 Å². The molecule has 6 nitrogen and oxygen atoms in total. The van der Waals surface area contributed by atoms with Gasteiger partial charge in [-0.15, -0.1) is 0 Å². The summed E-state index contributed by atoms with van der Waals surface area (Å²) in [6, 6.07) is 18.7. The van der Waals surface area contributed by atoms with Crippen molar-refractivity contribution in [3.63, 3.8) is 0 Å². The van der Waals surface area contributed by atoms with Crippen LogP contribution in [-0.2, 0) is 6.61 Å². The van der Waals surface area contributed by atoms with Crippen molar-refractivity contribution in [2.24, 2.45) is 0 Å². The largest absolute Gasteiger partial charge is 0.496 e. The molecule has 3 aromatic rings. The molecule has 0 aliphatic carbocycles. The molecule has 0 N–H and O–H groups in total. The molecule has 6 heteroatoms. The van der Waals surface area contributed by atoms with Gasteiger partial charge in [-0.05, 0) is 29.3 Å². The van der Waals surface area contributed by atoms with Gasteiger partial charge in [0.05, 0.1) is 28.4 Å². The average Bonchev–Trinajstić information content (AvgIpc) is 2.85. The van der Waals surface area contributed by atoms with Crippen molar-refractivity contribution in [1.29, 1.82) is 0 Å². The zero-order chi connectivity index (χ0) is 22.9. The minimum Gasteiger partial charge on any atom is -0.496 e. The van der Waals surface area contributed by atoms with E-state index in [1.807, 2.05) is 48.5 Å². The first-order chi connectivity index (χ1) is 15.6. The molecule has 0 radical (unpaired) electrons. The Hall–Kier alpha value is -3.93. The van der Waals surface area contributed by atoms with E-state index >= 15 is 0 Å². The van der Waals surface area contributed by atoms with Gasteiger partial charge < -0.3 is 23.7 Å². The van der Waals surface area contributed by atoms with Crippen LogP contribution in [-0.4, -0.2) is 34.2 Å². The number of ketones is 1. The van der Waals surface area contributed by atoms with E-state index in [1.165, 1.54) is 27.4 Å². The Morgan fingerprint density at radius 1 is 0.750 bits per heavy atom. The van der Waals surface area contributed by atoms with Gasteiger partial charge in [-0.25, -0.2) is 0 Å². The Labute approximate surface area is 188 Å². The molecule has 0 atom stereocenters. The molecule has 0 aliphatic rings. The van der Waals surface area contributed by atoms with Gasteiger partial charge in [0.25, 0.3) is 0 Å². The number of hydrogen-bond acceptors (Lipinski definition) is 6. The van der Waals surface area contributed by atoms with E-state index in [1.54, 1.807) is 25.3 Å². The highest BCUT2D eigenvalue weighted by Crippen LogP contribution is 2.35. The van der Waals surface area contributed by atoms with Crippen molar-refractivity contribution in [2.75, 3.05) is 28.4 Å². The van der Waals surface area contributed by atoms with Crippen LogP contribution in [0.3, 0.4) is 0 Å². The molecule has 0 aromatic heterocycles. The Kier molecular flexibility index (Phi) is 7.75. The zero-order valence-corrected chi connectivity index (χ0v) is 18.6. The summed E-state index contributed by atoms with van der Waals surface area (Å²) in [5.74, 6) is 2.23. The van der Waals surface area contributed by atoms with Crippen LogP contribution in [0.2, 0.25) is 0 Å². The molecule has 0 bridgehead atoms. The third-order valence-corrected chi connectivity index (χ3v) is 4.81. The van der Waals surface area contributed by atoms with Crippen molar-refractivity contribution in [3.8, 4) is 28.7 Å². The van der Waals surface area contributed by atoms with Gasteiger partial charge >= 0.3 is 0 Å². The predicted octanol–water partition coefficient (Wildman–Crippen LogP) is 5.20. The normalized spacial score (nSPS) is 10.6. The van der Waals surface area contributed by atoms with E-state index in [-0.39, 0.29) is 5.78 Å². The maximum atomic E-state index is 12.9. The smallest absolute Gasteiger partial charge is 0.193 e. The first kappa shape index (κ1) is 22.7. The lowest BCUT2D eigenvalue weighted by atomic mass is 10.1. The van der Waals surface area contributed by atoms with Crippen LogP contribution in [0.5, 0.6) is 28.7 Å². The fraction of sp³-hybridized carbons (Fsp3) is 0.192. The highest BCUT2D eigenvalue weighted by molar-refractivity contribution is 6.10. The van der Waals surface area contributed by atoms with Gasteiger partial charge in [0.2, 0.25) is 0 Å². The second-order valence-corrected chi connectivity index (χ2v) is 6.79. The summed E-state index contributed by atoms with van der Waals surface area (Å²) in [5, 5.41) is 0. The number of allylic oxidation sites excluding steroid dienone is 1. The maximum Gasteiger partial charge on any atom is 0.193 e. The van der Waals surface area contributed by atoms with Crippen LogP contribution in [0.25, 0.3) is 6.08 Å². The standard InChI is InChI=1S/C26H26O6/c1-28-20-15-24(30-3)26(25(16-20)31-4)21(27)12-10-18-11-13-22(23(14-18)29-2)32-17-19-8-6-5-7-9-19/h5-16H,17H2,1-4H3. The lowest BCUT2D eigenvalue weighted by Gasteiger charge is -2.13. The SMILES string of the molecule is COc1cc(OC)c(C(=O)C=Cc2ccc(OCc3ccccc3)c(OC)c2)c(OC)c1. The minimum atomic E-state index is -0.260. The average molecular weight is 434 g/mol. The van der Waals surface area contributed by atoms with Gasteiger partial charge in [0.15, 0.2) is 17.3 Å². The van der Waals surface area contributed by atoms with Crippen molar-refractivity contribution >= 4 is 11.9 Å². The van der Waals surface area contributed by atoms with E-state index in [0.717, 1.165) is 11.1 Å². The van der Waals surface area contributed by atoms with E-state index in [2.05, 4.69) is 0 Å². The van der Waals surface area contributed by atoms with Gasteiger partial charge in [0.1, 0.15) is 29.4 Å². The molecule has 0 saturated carbocycles. The van der Waals surface area contributed by atoms with Crippen molar-refractivity contribution in [3.05, 3.63) is 83.4 Å². The van der Waals surface area contributed by atoms with E-state index in [9.17, 15) is 4.79 Å². The minimum absolute atomic E-state index is 0.260. The summed E-state index contributed by atoms with van der Waals surface area (Å²) >= 11 is 0. The molecule has 0 amide bonds. The first-order valence-corrected chi connectivity index (χ1v) is 9.96. The summed E-state index contributed by atoms with van der Waals surface area (Å²) in [6.07, 6.45) is 3.17. The monoisotopic (exact) mass is 434 g/mol. The Morgan fingerprint density at radius 2 is 1.41 bits per heavy atom. The second-order valence-electron chi connectivity index (χ2n) is 6.79. The number of methoxy groups -OCH3 is 4. The molecule has 32 heavy (non-hydrogen) atoms. The highest BCUT2D eigenvalue weighted by Gasteiger charge is 2.18. The fourth-order valence-electron chi connectivity index (χ4n) is 3.15. The predicted molar refractivity (Wildman–Crippen MR) is 123 cm³/mol. The van der Waals surface area contributed by atoms with Crippen LogP contribution >= 0.6 is 0 Å². The summed E-state index contributed by atoms with van der Waals surface area (Å²) in [6.45, 7) is 0.432. The summed E-state index contributed by atoms with van der Waals surface area (Å²) in [7, 11) is 6.11. The van der Waals surface area contributed by atoms with Crippen LogP contribution in [0, 0.1) is 0 Å². The highest BCUT2D eigenvalue weighted by atomic mass is 16.5. The van der Waals surface area contributed by atoms with Crippen molar-refractivity contribution in [1.82, 2.24) is 0 Å². The second kappa shape index (κ2) is 10.9. The van der Waals surface area contributed by atoms with Gasteiger partial charge in [-0.1, -0.05) is 42.5 Å². The van der Waals surface area contributed by atoms with Gasteiger partial charge in [-0.3, -0.25) is 4.79 Å². The van der Waals surface area contributed by atoms with Crippen LogP contribution in [0.1, 0.15) is 21.5 Å². The Morgan fingerprint density at radius 3 is 2.00 bits per heavy atom. The summed E-state index contributed by atoms with van der Waals surface area (Å²) in [4.78, 5) is 12.9. The Balaban J connectivity index is 1.80. The van der Waals surface area contributed by atoms with Gasteiger partial charge in [-0.2, -0.15) is 0 Å². The van der Waals surface area contributed by atoms with E-state index in [0.29, 0.717) is 40.9 Å². The molecule has 0 heterocycles. The lowest BCUT2D eigenvalue weighted by molar-refractivity contribution is 0.104. The molecule has 166 valence electrons. The summed E-state index contributed by atoms with van der Waals surface area (Å²) < 4.78 is 27.3. The first-order valence-electron chi connectivity index (χ1n) is 9.96. The van der Waals surface area contributed by atoms with Crippen molar-refractivity contribution < 1.29 is 28.5 Å². The molecule has 0 aliphatic heterocycles. The number of ether oxygens (including phenoxy) is 5. The number of carbonyl (C=O) groups excluding carboxylic acids is 1. The van der Waals surface area contributed by atoms with Gasteiger partial charge in [0, 0.05) is 12.1 Å². The molecule has 3 aromatic carbocycles. The maximum absolute atomic E-state index is 12.9. The van der Waals surface area contributed by atoms with Crippen molar-refractivity contribution in [2.45, 2.75) is 6.61 Å². The van der Waals surface area contributed by atoms with Crippen LogP contribution < -0.4 is 23.7 Å². The molecular weight excluding hydrogens is 408 g/mol. The molecule has 0 fully saturated rings. The quantitative estimate of drug-likeness (QED) is 0.323.